The summed E-state index contributed by atoms with van der Waals surface area (Å²) >= 11 is 6.05. The van der Waals surface area contributed by atoms with Crippen LogP contribution in [0.4, 0.5) is 11.4 Å². The van der Waals surface area contributed by atoms with Crippen LogP contribution in [0.15, 0.2) is 12.1 Å². The first-order valence-electron chi connectivity index (χ1n) is 6.53. The van der Waals surface area contributed by atoms with Gasteiger partial charge in [0, 0.05) is 25.8 Å². The number of nitrogens with two attached hydrogens (primary N) is 1. The van der Waals surface area contributed by atoms with Crippen molar-refractivity contribution in [3.63, 3.8) is 0 Å². The predicted octanol–water partition coefficient (Wildman–Crippen LogP) is 2.29. The molecule has 1 aromatic rings. The highest BCUT2D eigenvalue weighted by Crippen LogP contribution is 2.28. The van der Waals surface area contributed by atoms with E-state index in [0.29, 0.717) is 17.3 Å². The van der Waals surface area contributed by atoms with Crippen molar-refractivity contribution < 1.29 is 4.79 Å². The first-order chi connectivity index (χ1) is 8.99. The minimum absolute atomic E-state index is 0.173. The highest BCUT2D eigenvalue weighted by Gasteiger charge is 2.20. The van der Waals surface area contributed by atoms with Gasteiger partial charge in [0.25, 0.3) is 0 Å². The zero-order valence-corrected chi connectivity index (χ0v) is 12.2. The summed E-state index contributed by atoms with van der Waals surface area (Å²) in [4.78, 5) is 16.0. The molecule has 0 saturated carbocycles. The van der Waals surface area contributed by atoms with Crippen molar-refractivity contribution in [3.05, 3.63) is 22.7 Å². The number of hydrogen-bond donors (Lipinski definition) is 1. The van der Waals surface area contributed by atoms with Crippen molar-refractivity contribution >= 4 is 28.9 Å². The van der Waals surface area contributed by atoms with Gasteiger partial charge in [-0.05, 0) is 37.5 Å². The van der Waals surface area contributed by atoms with E-state index in [0.717, 1.165) is 37.2 Å². The Labute approximate surface area is 119 Å². The zero-order valence-electron chi connectivity index (χ0n) is 11.4. The lowest BCUT2D eigenvalue weighted by Gasteiger charge is -2.24. The number of halogens is 1. The van der Waals surface area contributed by atoms with Crippen LogP contribution in [0, 0.1) is 6.92 Å². The fraction of sp³-hybridized carbons (Fsp3) is 0.500. The number of likely N-dealkylation sites (N-methyl/N-ethyl adjacent to an activating group) is 1. The molecule has 19 heavy (non-hydrogen) atoms. The minimum Gasteiger partial charge on any atom is -0.398 e. The number of rotatable bonds is 3. The van der Waals surface area contributed by atoms with E-state index in [1.165, 1.54) is 0 Å². The van der Waals surface area contributed by atoms with E-state index in [1.807, 2.05) is 35.9 Å². The number of anilines is 2. The molecular formula is C14H20ClN3O. The SMILES string of the molecule is Cc1cc(N)c(Cl)cc1N(C)CC(=O)N1CCCC1. The van der Waals surface area contributed by atoms with Crippen molar-refractivity contribution in [3.8, 4) is 0 Å². The van der Waals surface area contributed by atoms with Gasteiger partial charge in [0.15, 0.2) is 0 Å². The minimum atomic E-state index is 0.173. The maximum absolute atomic E-state index is 12.1. The molecule has 0 bridgehead atoms. The monoisotopic (exact) mass is 281 g/mol. The lowest BCUT2D eigenvalue weighted by Crippen LogP contribution is -2.37. The summed E-state index contributed by atoms with van der Waals surface area (Å²) in [5.41, 5.74) is 8.31. The average molecular weight is 282 g/mol. The Balaban J connectivity index is 2.09. The van der Waals surface area contributed by atoms with Crippen LogP contribution in [0.2, 0.25) is 5.02 Å². The van der Waals surface area contributed by atoms with Gasteiger partial charge in [-0.2, -0.15) is 0 Å². The van der Waals surface area contributed by atoms with Crippen LogP contribution < -0.4 is 10.6 Å². The number of aryl methyl sites for hydroxylation is 1. The van der Waals surface area contributed by atoms with Crippen LogP contribution in [-0.2, 0) is 4.79 Å². The van der Waals surface area contributed by atoms with Crippen molar-refractivity contribution in [2.45, 2.75) is 19.8 Å². The largest absolute Gasteiger partial charge is 0.398 e. The molecule has 0 aliphatic carbocycles. The second-order valence-corrected chi connectivity index (χ2v) is 5.51. The number of carbonyl (C=O) groups excluding carboxylic acids is 1. The average Bonchev–Trinajstić information content (AvgIpc) is 2.87. The fourth-order valence-electron chi connectivity index (χ4n) is 2.46. The molecule has 2 rings (SSSR count). The second-order valence-electron chi connectivity index (χ2n) is 5.10. The smallest absolute Gasteiger partial charge is 0.242 e. The van der Waals surface area contributed by atoms with Crippen LogP contribution in [0.25, 0.3) is 0 Å². The Morgan fingerprint density at radius 1 is 1.42 bits per heavy atom. The number of nitrogen functional groups attached to an aromatic ring is 1. The fourth-order valence-corrected chi connectivity index (χ4v) is 2.62. The third-order valence-electron chi connectivity index (χ3n) is 3.56. The molecule has 1 saturated heterocycles. The summed E-state index contributed by atoms with van der Waals surface area (Å²) in [6.45, 7) is 4.11. The van der Waals surface area contributed by atoms with Crippen LogP contribution in [0.3, 0.4) is 0 Å². The van der Waals surface area contributed by atoms with Crippen molar-refractivity contribution in [1.29, 1.82) is 0 Å². The molecule has 1 aromatic carbocycles. The van der Waals surface area contributed by atoms with Gasteiger partial charge in [-0.1, -0.05) is 11.6 Å². The Kier molecular flexibility index (Phi) is 4.20. The molecule has 5 heteroatoms. The zero-order chi connectivity index (χ0) is 14.0. The summed E-state index contributed by atoms with van der Waals surface area (Å²) in [7, 11) is 1.91. The van der Waals surface area contributed by atoms with E-state index in [-0.39, 0.29) is 5.91 Å². The van der Waals surface area contributed by atoms with Crippen LogP contribution in [0.1, 0.15) is 18.4 Å². The van der Waals surface area contributed by atoms with Gasteiger partial charge in [-0.25, -0.2) is 0 Å². The Morgan fingerprint density at radius 2 is 2.05 bits per heavy atom. The normalized spacial score (nSPS) is 14.8. The quantitative estimate of drug-likeness (QED) is 0.865. The van der Waals surface area contributed by atoms with Gasteiger partial charge in [0.2, 0.25) is 5.91 Å². The second kappa shape index (κ2) is 5.70. The molecule has 0 radical (unpaired) electrons. The first-order valence-corrected chi connectivity index (χ1v) is 6.91. The molecule has 1 heterocycles. The van der Waals surface area contributed by atoms with E-state index in [9.17, 15) is 4.79 Å². The summed E-state index contributed by atoms with van der Waals surface area (Å²) in [6, 6.07) is 3.66. The molecule has 4 nitrogen and oxygen atoms in total. The van der Waals surface area contributed by atoms with Crippen LogP contribution in [-0.4, -0.2) is 37.5 Å². The number of benzene rings is 1. The standard InChI is InChI=1S/C14H20ClN3O/c1-10-7-12(16)11(15)8-13(10)17(2)9-14(19)18-5-3-4-6-18/h7-8H,3-6,9,16H2,1-2H3. The molecule has 1 amide bonds. The lowest BCUT2D eigenvalue weighted by atomic mass is 10.1. The van der Waals surface area contributed by atoms with Crippen molar-refractivity contribution in [1.82, 2.24) is 4.90 Å². The summed E-state index contributed by atoms with van der Waals surface area (Å²) in [5.74, 6) is 0.173. The number of nitrogens with zero attached hydrogens (tertiary/aromatic N) is 2. The molecule has 0 spiro atoms. The molecule has 0 atom stereocenters. The summed E-state index contributed by atoms with van der Waals surface area (Å²) in [5, 5.41) is 0.529. The van der Waals surface area contributed by atoms with Gasteiger partial charge < -0.3 is 15.5 Å². The maximum atomic E-state index is 12.1. The van der Waals surface area contributed by atoms with E-state index < -0.39 is 0 Å². The van der Waals surface area contributed by atoms with Gasteiger partial charge in [-0.15, -0.1) is 0 Å². The van der Waals surface area contributed by atoms with Gasteiger partial charge >= 0.3 is 0 Å². The molecule has 1 aliphatic heterocycles. The summed E-state index contributed by atoms with van der Waals surface area (Å²) in [6.07, 6.45) is 2.23. The molecule has 104 valence electrons. The van der Waals surface area contributed by atoms with E-state index >= 15 is 0 Å². The third kappa shape index (κ3) is 3.13. The molecule has 1 fully saturated rings. The van der Waals surface area contributed by atoms with Gasteiger partial charge in [0.05, 0.1) is 17.3 Å². The number of hydrogen-bond acceptors (Lipinski definition) is 3. The van der Waals surface area contributed by atoms with Crippen LogP contribution >= 0.6 is 11.6 Å². The van der Waals surface area contributed by atoms with Gasteiger partial charge in [0.1, 0.15) is 0 Å². The van der Waals surface area contributed by atoms with E-state index in [1.54, 1.807) is 0 Å². The van der Waals surface area contributed by atoms with E-state index in [4.69, 9.17) is 17.3 Å². The van der Waals surface area contributed by atoms with E-state index in [2.05, 4.69) is 0 Å². The summed E-state index contributed by atoms with van der Waals surface area (Å²) < 4.78 is 0. The van der Waals surface area contributed by atoms with Crippen molar-refractivity contribution in [2.75, 3.05) is 37.3 Å². The predicted molar refractivity (Wildman–Crippen MR) is 79.7 cm³/mol. The third-order valence-corrected chi connectivity index (χ3v) is 3.89. The van der Waals surface area contributed by atoms with Gasteiger partial charge in [-0.3, -0.25) is 4.79 Å². The molecule has 0 aromatic heterocycles. The molecule has 0 unspecified atom stereocenters. The van der Waals surface area contributed by atoms with Crippen molar-refractivity contribution in [2.24, 2.45) is 0 Å². The first kappa shape index (κ1) is 14.0. The highest BCUT2D eigenvalue weighted by molar-refractivity contribution is 6.33. The molecular weight excluding hydrogens is 262 g/mol. The Morgan fingerprint density at radius 3 is 2.68 bits per heavy atom. The lowest BCUT2D eigenvalue weighted by molar-refractivity contribution is -0.128. The topological polar surface area (TPSA) is 49.6 Å². The Hall–Kier alpha value is -1.42. The Bertz CT molecular complexity index is 484. The molecule has 2 N–H and O–H groups in total. The number of likely N-dealkylation sites (tertiary alicyclic amines) is 1. The highest BCUT2D eigenvalue weighted by atomic mass is 35.5. The molecule has 1 aliphatic rings. The maximum Gasteiger partial charge on any atom is 0.242 e. The number of amides is 1. The van der Waals surface area contributed by atoms with Crippen LogP contribution in [0.5, 0.6) is 0 Å². The number of carbonyl (C=O) groups is 1.